The third-order valence-electron chi connectivity index (χ3n) is 4.66. The third-order valence-corrected chi connectivity index (χ3v) is 4.66. The molecule has 0 fully saturated rings. The lowest BCUT2D eigenvalue weighted by Gasteiger charge is -2.42. The number of fused-ring (bicyclic) bond motifs is 1. The second kappa shape index (κ2) is 7.09. The Kier molecular flexibility index (Phi) is 5.44. The maximum Gasteiger partial charge on any atom is 0.123 e. The fraction of sp³-hybridized carbons (Fsp3) is 0.647. The SMILES string of the molecule is CCCCC(CC)(CN)N1CCOc2ccccc2C1. The van der Waals surface area contributed by atoms with E-state index in [0.717, 1.165) is 38.4 Å². The Balaban J connectivity index is 2.21. The van der Waals surface area contributed by atoms with E-state index in [0.29, 0.717) is 0 Å². The summed E-state index contributed by atoms with van der Waals surface area (Å²) in [5.74, 6) is 1.03. The van der Waals surface area contributed by atoms with Crippen LogP contribution in [0.25, 0.3) is 0 Å². The van der Waals surface area contributed by atoms with Crippen LogP contribution in [0.15, 0.2) is 24.3 Å². The van der Waals surface area contributed by atoms with E-state index in [-0.39, 0.29) is 5.54 Å². The molecule has 0 radical (unpaired) electrons. The first-order valence-electron chi connectivity index (χ1n) is 7.91. The Morgan fingerprint density at radius 1 is 1.30 bits per heavy atom. The lowest BCUT2D eigenvalue weighted by Crippen LogP contribution is -2.53. The minimum Gasteiger partial charge on any atom is -0.492 e. The molecule has 0 aliphatic carbocycles. The van der Waals surface area contributed by atoms with E-state index >= 15 is 0 Å². The van der Waals surface area contributed by atoms with Gasteiger partial charge >= 0.3 is 0 Å². The van der Waals surface area contributed by atoms with Crippen molar-refractivity contribution in [2.75, 3.05) is 19.7 Å². The Morgan fingerprint density at radius 3 is 2.80 bits per heavy atom. The number of rotatable bonds is 6. The van der Waals surface area contributed by atoms with Crippen LogP contribution in [0.1, 0.15) is 45.1 Å². The molecule has 1 aromatic rings. The van der Waals surface area contributed by atoms with E-state index in [2.05, 4.69) is 36.9 Å². The molecule has 1 unspecified atom stereocenters. The van der Waals surface area contributed by atoms with Crippen molar-refractivity contribution in [1.82, 2.24) is 4.90 Å². The molecule has 2 N–H and O–H groups in total. The van der Waals surface area contributed by atoms with Gasteiger partial charge in [0.15, 0.2) is 0 Å². The van der Waals surface area contributed by atoms with Crippen LogP contribution in [0.4, 0.5) is 0 Å². The van der Waals surface area contributed by atoms with E-state index in [1.807, 2.05) is 6.07 Å². The molecule has 1 heterocycles. The molecular weight excluding hydrogens is 248 g/mol. The number of ether oxygens (including phenoxy) is 1. The summed E-state index contributed by atoms with van der Waals surface area (Å²) in [6, 6.07) is 8.38. The zero-order valence-electron chi connectivity index (χ0n) is 12.9. The van der Waals surface area contributed by atoms with Gasteiger partial charge in [-0.2, -0.15) is 0 Å². The lowest BCUT2D eigenvalue weighted by atomic mass is 9.87. The van der Waals surface area contributed by atoms with Crippen molar-refractivity contribution in [3.63, 3.8) is 0 Å². The largest absolute Gasteiger partial charge is 0.492 e. The van der Waals surface area contributed by atoms with Gasteiger partial charge in [-0.3, -0.25) is 4.90 Å². The second-order valence-electron chi connectivity index (χ2n) is 5.76. The molecule has 1 aliphatic rings. The van der Waals surface area contributed by atoms with Crippen LogP contribution < -0.4 is 10.5 Å². The minimum atomic E-state index is 0.122. The van der Waals surface area contributed by atoms with Crippen LogP contribution in [-0.4, -0.2) is 30.1 Å². The number of hydrogen-bond donors (Lipinski definition) is 1. The van der Waals surface area contributed by atoms with Crippen molar-refractivity contribution in [2.24, 2.45) is 5.73 Å². The minimum absolute atomic E-state index is 0.122. The normalized spacial score (nSPS) is 18.8. The molecule has 112 valence electrons. The van der Waals surface area contributed by atoms with Crippen LogP contribution in [0.5, 0.6) is 5.75 Å². The number of nitrogens with zero attached hydrogens (tertiary/aromatic N) is 1. The van der Waals surface area contributed by atoms with E-state index in [9.17, 15) is 0 Å². The number of para-hydroxylation sites is 1. The summed E-state index contributed by atoms with van der Waals surface area (Å²) in [7, 11) is 0. The van der Waals surface area contributed by atoms with Gasteiger partial charge in [0.2, 0.25) is 0 Å². The maximum atomic E-state index is 6.18. The highest BCUT2D eigenvalue weighted by Gasteiger charge is 2.34. The number of unbranched alkanes of at least 4 members (excludes halogenated alkanes) is 1. The number of hydrogen-bond acceptors (Lipinski definition) is 3. The van der Waals surface area contributed by atoms with Crippen LogP contribution in [0.3, 0.4) is 0 Å². The fourth-order valence-electron chi connectivity index (χ4n) is 3.17. The first kappa shape index (κ1) is 15.3. The van der Waals surface area contributed by atoms with E-state index in [1.165, 1.54) is 24.8 Å². The number of benzene rings is 1. The summed E-state index contributed by atoms with van der Waals surface area (Å²) in [5, 5.41) is 0. The summed E-state index contributed by atoms with van der Waals surface area (Å²) in [5.41, 5.74) is 7.59. The maximum absolute atomic E-state index is 6.18. The molecule has 0 saturated heterocycles. The smallest absolute Gasteiger partial charge is 0.123 e. The van der Waals surface area contributed by atoms with E-state index < -0.39 is 0 Å². The van der Waals surface area contributed by atoms with Crippen molar-refractivity contribution in [2.45, 2.75) is 51.6 Å². The predicted molar refractivity (Wildman–Crippen MR) is 83.9 cm³/mol. The van der Waals surface area contributed by atoms with Crippen molar-refractivity contribution < 1.29 is 4.74 Å². The molecule has 0 aromatic heterocycles. The van der Waals surface area contributed by atoms with Gasteiger partial charge in [-0.15, -0.1) is 0 Å². The summed E-state index contributed by atoms with van der Waals surface area (Å²) >= 11 is 0. The zero-order valence-corrected chi connectivity index (χ0v) is 12.9. The van der Waals surface area contributed by atoms with Crippen LogP contribution in [-0.2, 0) is 6.54 Å². The van der Waals surface area contributed by atoms with Crippen molar-refractivity contribution in [3.8, 4) is 5.75 Å². The van der Waals surface area contributed by atoms with Gasteiger partial charge in [-0.05, 0) is 18.9 Å². The first-order valence-corrected chi connectivity index (χ1v) is 7.91. The molecule has 2 rings (SSSR count). The van der Waals surface area contributed by atoms with E-state index in [4.69, 9.17) is 10.5 Å². The lowest BCUT2D eigenvalue weighted by molar-refractivity contribution is 0.0645. The van der Waals surface area contributed by atoms with Gasteiger partial charge in [-0.25, -0.2) is 0 Å². The van der Waals surface area contributed by atoms with Gasteiger partial charge < -0.3 is 10.5 Å². The van der Waals surface area contributed by atoms with Gasteiger partial charge in [0.05, 0.1) is 0 Å². The third kappa shape index (κ3) is 3.15. The highest BCUT2D eigenvalue weighted by molar-refractivity contribution is 5.34. The Labute approximate surface area is 123 Å². The average Bonchev–Trinajstić information content (AvgIpc) is 2.71. The summed E-state index contributed by atoms with van der Waals surface area (Å²) < 4.78 is 5.88. The number of nitrogens with two attached hydrogens (primary N) is 1. The second-order valence-corrected chi connectivity index (χ2v) is 5.76. The highest BCUT2D eigenvalue weighted by atomic mass is 16.5. The highest BCUT2D eigenvalue weighted by Crippen LogP contribution is 2.31. The Bertz CT molecular complexity index is 415. The van der Waals surface area contributed by atoms with Gasteiger partial charge in [0.1, 0.15) is 12.4 Å². The first-order chi connectivity index (χ1) is 9.75. The molecule has 1 atom stereocenters. The quantitative estimate of drug-likeness (QED) is 0.867. The van der Waals surface area contributed by atoms with Gasteiger partial charge in [0, 0.05) is 30.7 Å². The molecule has 3 heteroatoms. The molecule has 20 heavy (non-hydrogen) atoms. The van der Waals surface area contributed by atoms with Gasteiger partial charge in [-0.1, -0.05) is 44.9 Å². The van der Waals surface area contributed by atoms with Crippen molar-refractivity contribution in [1.29, 1.82) is 0 Å². The fourth-order valence-corrected chi connectivity index (χ4v) is 3.17. The summed E-state index contributed by atoms with van der Waals surface area (Å²) in [4.78, 5) is 2.55. The van der Waals surface area contributed by atoms with E-state index in [1.54, 1.807) is 0 Å². The molecule has 0 spiro atoms. The average molecular weight is 276 g/mol. The molecule has 1 aromatic carbocycles. The molecule has 0 saturated carbocycles. The topological polar surface area (TPSA) is 38.5 Å². The van der Waals surface area contributed by atoms with Gasteiger partial charge in [0.25, 0.3) is 0 Å². The monoisotopic (exact) mass is 276 g/mol. The summed E-state index contributed by atoms with van der Waals surface area (Å²) in [6.45, 7) is 7.91. The molecule has 1 aliphatic heterocycles. The van der Waals surface area contributed by atoms with Crippen LogP contribution in [0, 0.1) is 0 Å². The molecule has 0 bridgehead atoms. The summed E-state index contributed by atoms with van der Waals surface area (Å²) in [6.07, 6.45) is 4.75. The molecule has 3 nitrogen and oxygen atoms in total. The Morgan fingerprint density at radius 2 is 2.10 bits per heavy atom. The van der Waals surface area contributed by atoms with Crippen LogP contribution in [0.2, 0.25) is 0 Å². The van der Waals surface area contributed by atoms with Crippen molar-refractivity contribution in [3.05, 3.63) is 29.8 Å². The van der Waals surface area contributed by atoms with Crippen LogP contribution >= 0.6 is 0 Å². The molecule has 0 amide bonds. The van der Waals surface area contributed by atoms with Crippen molar-refractivity contribution >= 4 is 0 Å². The standard InChI is InChI=1S/C17H28N2O/c1-3-5-10-17(4-2,14-18)19-11-12-20-16-9-7-6-8-15(16)13-19/h6-9H,3-5,10-14,18H2,1-2H3. The predicted octanol–water partition coefficient (Wildman–Crippen LogP) is 3.18. The zero-order chi connectivity index (χ0) is 14.4. The molecular formula is C17H28N2O. The Hall–Kier alpha value is -1.06.